The number of oxime groups is 1. The van der Waals surface area contributed by atoms with Gasteiger partial charge in [-0.15, -0.1) is 0 Å². The molecule has 2 aromatic rings. The van der Waals surface area contributed by atoms with Crippen LogP contribution < -0.4 is 0 Å². The lowest BCUT2D eigenvalue weighted by atomic mass is 10.1. The van der Waals surface area contributed by atoms with Crippen LogP contribution in [0.25, 0.3) is 10.9 Å². The molecule has 0 aliphatic carbocycles. The van der Waals surface area contributed by atoms with Crippen molar-refractivity contribution in [2.75, 3.05) is 0 Å². The quantitative estimate of drug-likeness (QED) is 0.473. The van der Waals surface area contributed by atoms with E-state index in [4.69, 9.17) is 5.21 Å². The minimum absolute atomic E-state index is 0.245. The molecule has 0 radical (unpaired) electrons. The fourth-order valence-electron chi connectivity index (χ4n) is 1.52. The molecule has 0 aliphatic heterocycles. The highest BCUT2D eigenvalue weighted by Gasteiger charge is 2.35. The van der Waals surface area contributed by atoms with E-state index in [0.717, 1.165) is 6.21 Å². The Labute approximate surface area is 94.2 Å². The standard InChI is InChI=1S/C11H7F3N2O/c12-11(13,14)10-8(6-15-17)5-7-3-1-2-4-9(7)16-10/h1-6,17H. The molecule has 1 N–H and O–H groups in total. The number of hydrogen-bond donors (Lipinski definition) is 1. The van der Waals surface area contributed by atoms with E-state index in [-0.39, 0.29) is 11.1 Å². The van der Waals surface area contributed by atoms with Crippen LogP contribution in [-0.2, 0) is 6.18 Å². The molecule has 1 heterocycles. The van der Waals surface area contributed by atoms with E-state index in [9.17, 15) is 13.2 Å². The van der Waals surface area contributed by atoms with Crippen molar-refractivity contribution in [3.63, 3.8) is 0 Å². The third-order valence-electron chi connectivity index (χ3n) is 2.22. The predicted octanol–water partition coefficient (Wildman–Crippen LogP) is 3.06. The summed E-state index contributed by atoms with van der Waals surface area (Å²) in [5, 5.41) is 11.5. The summed E-state index contributed by atoms with van der Waals surface area (Å²) in [5.41, 5.74) is -1.08. The first-order valence-corrected chi connectivity index (χ1v) is 4.67. The van der Waals surface area contributed by atoms with Crippen LogP contribution in [0, 0.1) is 0 Å². The van der Waals surface area contributed by atoms with Crippen molar-refractivity contribution in [2.45, 2.75) is 6.18 Å². The normalized spacial score (nSPS) is 12.4. The molecule has 1 aromatic carbocycles. The molecule has 0 fully saturated rings. The van der Waals surface area contributed by atoms with Gasteiger partial charge in [0.1, 0.15) is 0 Å². The molecule has 0 aliphatic rings. The zero-order valence-electron chi connectivity index (χ0n) is 8.44. The molecule has 0 bridgehead atoms. The van der Waals surface area contributed by atoms with Gasteiger partial charge in [0, 0.05) is 10.9 Å². The number of nitrogens with zero attached hydrogens (tertiary/aromatic N) is 2. The summed E-state index contributed by atoms with van der Waals surface area (Å²) in [4.78, 5) is 3.54. The molecule has 1 aromatic heterocycles. The van der Waals surface area contributed by atoms with Gasteiger partial charge >= 0.3 is 6.18 Å². The average molecular weight is 240 g/mol. The molecule has 2 rings (SSSR count). The van der Waals surface area contributed by atoms with Gasteiger partial charge in [-0.05, 0) is 12.1 Å². The lowest BCUT2D eigenvalue weighted by Gasteiger charge is -2.10. The van der Waals surface area contributed by atoms with Gasteiger partial charge in [0.2, 0.25) is 0 Å². The molecule has 0 atom stereocenters. The Kier molecular flexibility index (Phi) is 2.71. The monoisotopic (exact) mass is 240 g/mol. The molecular formula is C11H7F3N2O. The van der Waals surface area contributed by atoms with Crippen LogP contribution in [0.1, 0.15) is 11.3 Å². The second-order valence-corrected chi connectivity index (χ2v) is 3.36. The van der Waals surface area contributed by atoms with Crippen LogP contribution in [0.2, 0.25) is 0 Å². The molecule has 0 amide bonds. The Morgan fingerprint density at radius 2 is 1.94 bits per heavy atom. The van der Waals surface area contributed by atoms with Gasteiger partial charge in [-0.3, -0.25) is 0 Å². The fraction of sp³-hybridized carbons (Fsp3) is 0.0909. The third-order valence-corrected chi connectivity index (χ3v) is 2.22. The van der Waals surface area contributed by atoms with Crippen LogP contribution in [0.15, 0.2) is 35.5 Å². The molecule has 0 unspecified atom stereocenters. The van der Waals surface area contributed by atoms with Gasteiger partial charge < -0.3 is 5.21 Å². The SMILES string of the molecule is ON=Cc1cc2ccccc2nc1C(F)(F)F. The summed E-state index contributed by atoms with van der Waals surface area (Å²) in [6.45, 7) is 0. The van der Waals surface area contributed by atoms with Crippen molar-refractivity contribution in [1.29, 1.82) is 0 Å². The van der Waals surface area contributed by atoms with Gasteiger partial charge in [0.05, 0.1) is 11.7 Å². The van der Waals surface area contributed by atoms with Crippen LogP contribution >= 0.6 is 0 Å². The summed E-state index contributed by atoms with van der Waals surface area (Å²) in [5.74, 6) is 0. The third kappa shape index (κ3) is 2.20. The van der Waals surface area contributed by atoms with E-state index in [2.05, 4.69) is 10.1 Å². The molecular weight excluding hydrogens is 233 g/mol. The molecule has 6 heteroatoms. The summed E-state index contributed by atoms with van der Waals surface area (Å²) in [7, 11) is 0. The number of para-hydroxylation sites is 1. The van der Waals surface area contributed by atoms with Crippen LogP contribution in [0.4, 0.5) is 13.2 Å². The summed E-state index contributed by atoms with van der Waals surface area (Å²) >= 11 is 0. The largest absolute Gasteiger partial charge is 0.434 e. The highest BCUT2D eigenvalue weighted by atomic mass is 19.4. The molecule has 0 saturated carbocycles. The number of rotatable bonds is 1. The van der Waals surface area contributed by atoms with Crippen molar-refractivity contribution in [2.24, 2.45) is 5.16 Å². The van der Waals surface area contributed by atoms with Crippen molar-refractivity contribution in [3.8, 4) is 0 Å². The van der Waals surface area contributed by atoms with Gasteiger partial charge in [-0.1, -0.05) is 23.4 Å². The lowest BCUT2D eigenvalue weighted by molar-refractivity contribution is -0.141. The van der Waals surface area contributed by atoms with Crippen molar-refractivity contribution in [3.05, 3.63) is 41.6 Å². The number of benzene rings is 1. The first-order valence-electron chi connectivity index (χ1n) is 4.67. The summed E-state index contributed by atoms with van der Waals surface area (Å²) < 4.78 is 38.1. The number of alkyl halides is 3. The van der Waals surface area contributed by atoms with Crippen molar-refractivity contribution in [1.82, 2.24) is 4.98 Å². The van der Waals surface area contributed by atoms with E-state index in [1.165, 1.54) is 12.1 Å². The number of pyridine rings is 1. The molecule has 17 heavy (non-hydrogen) atoms. The zero-order chi connectivity index (χ0) is 12.5. The van der Waals surface area contributed by atoms with Crippen molar-refractivity contribution < 1.29 is 18.4 Å². The Morgan fingerprint density at radius 3 is 2.59 bits per heavy atom. The zero-order valence-corrected chi connectivity index (χ0v) is 8.44. The van der Waals surface area contributed by atoms with Gasteiger partial charge in [0.25, 0.3) is 0 Å². The van der Waals surface area contributed by atoms with E-state index < -0.39 is 11.9 Å². The fourth-order valence-corrected chi connectivity index (χ4v) is 1.52. The number of aromatic nitrogens is 1. The summed E-state index contributed by atoms with van der Waals surface area (Å²) in [6, 6.07) is 7.71. The van der Waals surface area contributed by atoms with Crippen LogP contribution in [0.5, 0.6) is 0 Å². The van der Waals surface area contributed by atoms with Crippen LogP contribution in [0.3, 0.4) is 0 Å². The maximum Gasteiger partial charge on any atom is 0.434 e. The molecule has 3 nitrogen and oxygen atoms in total. The second-order valence-electron chi connectivity index (χ2n) is 3.36. The Bertz CT molecular complexity index is 578. The smallest absolute Gasteiger partial charge is 0.411 e. The maximum absolute atomic E-state index is 12.7. The maximum atomic E-state index is 12.7. The first kappa shape index (κ1) is 11.4. The summed E-state index contributed by atoms with van der Waals surface area (Å²) in [6.07, 6.45) is -3.86. The number of fused-ring (bicyclic) bond motifs is 1. The second kappa shape index (κ2) is 4.04. The molecule has 0 saturated heterocycles. The number of hydrogen-bond acceptors (Lipinski definition) is 3. The lowest BCUT2D eigenvalue weighted by Crippen LogP contribution is -2.12. The Morgan fingerprint density at radius 1 is 1.24 bits per heavy atom. The van der Waals surface area contributed by atoms with E-state index in [1.807, 2.05) is 0 Å². The minimum atomic E-state index is -4.58. The predicted molar refractivity (Wildman–Crippen MR) is 56.1 cm³/mol. The highest BCUT2D eigenvalue weighted by molar-refractivity contribution is 5.89. The van der Waals surface area contributed by atoms with E-state index in [1.54, 1.807) is 18.2 Å². The van der Waals surface area contributed by atoms with Crippen LogP contribution in [-0.4, -0.2) is 16.4 Å². The number of halogens is 3. The Balaban J connectivity index is 2.75. The first-order chi connectivity index (χ1) is 8.02. The van der Waals surface area contributed by atoms with E-state index >= 15 is 0 Å². The Hall–Kier alpha value is -2.11. The van der Waals surface area contributed by atoms with Gasteiger partial charge in [-0.2, -0.15) is 13.2 Å². The minimum Gasteiger partial charge on any atom is -0.411 e. The highest BCUT2D eigenvalue weighted by Crippen LogP contribution is 2.31. The molecule has 88 valence electrons. The van der Waals surface area contributed by atoms with Gasteiger partial charge in [0.15, 0.2) is 5.69 Å². The van der Waals surface area contributed by atoms with E-state index in [0.29, 0.717) is 5.39 Å². The molecule has 0 spiro atoms. The topological polar surface area (TPSA) is 45.5 Å². The average Bonchev–Trinajstić information content (AvgIpc) is 2.27. The van der Waals surface area contributed by atoms with Gasteiger partial charge in [-0.25, -0.2) is 4.98 Å². The van der Waals surface area contributed by atoms with Crippen molar-refractivity contribution >= 4 is 17.1 Å².